The van der Waals surface area contributed by atoms with Gasteiger partial charge in [-0.1, -0.05) is 78.6 Å². The van der Waals surface area contributed by atoms with Gasteiger partial charge >= 0.3 is 24.2 Å². The normalized spacial score (nSPS) is 13.9. The predicted molar refractivity (Wildman–Crippen MR) is 119 cm³/mol. The molecule has 0 N–H and O–H groups in total. The number of rotatable bonds is 4. The molecular weight excluding hydrogens is 479 g/mol. The van der Waals surface area contributed by atoms with E-state index in [0.29, 0.717) is 0 Å². The second kappa shape index (κ2) is 9.48. The molecule has 30 heavy (non-hydrogen) atoms. The van der Waals surface area contributed by atoms with Gasteiger partial charge in [0.15, 0.2) is 0 Å². The van der Waals surface area contributed by atoms with Crippen LogP contribution in [0.3, 0.4) is 0 Å². The second-order valence-corrected chi connectivity index (χ2v) is 31.0. The molecule has 0 rings (SSSR count). The third-order valence-corrected chi connectivity index (χ3v) is 17.8. The fourth-order valence-electron chi connectivity index (χ4n) is 3.48. The topological polar surface area (TPSA) is 40.6 Å². The highest BCUT2D eigenvalue weighted by atomic mass is 28.4. The Kier molecular flexibility index (Phi) is 9.98. The minimum atomic E-state index is -4.75. The average molecular weight is 515 g/mol. The fraction of sp³-hybridized carbons (Fsp3) is 0.875. The van der Waals surface area contributed by atoms with E-state index in [-0.39, 0.29) is 0 Å². The molecule has 0 atom stereocenters. The predicted octanol–water partition coefficient (Wildman–Crippen LogP) is 6.09. The molecule has 0 saturated carbocycles. The summed E-state index contributed by atoms with van der Waals surface area (Å²) in [4.78, 5) is 22.7. The first-order valence-corrected chi connectivity index (χ1v) is 23.2. The molecule has 14 heteroatoms. The number of hydrogen-bond donors (Lipinski definition) is 0. The van der Waals surface area contributed by atoms with Crippen molar-refractivity contribution in [1.82, 2.24) is 8.46 Å². The zero-order valence-electron chi connectivity index (χ0n) is 20.0. The molecule has 0 fully saturated rings. The number of hydrogen-bond acceptors (Lipinski definition) is 2. The zero-order valence-corrected chi connectivity index (χ0v) is 24.0. The lowest BCUT2D eigenvalue weighted by Gasteiger charge is -2.43. The summed E-state index contributed by atoms with van der Waals surface area (Å²) in [5.74, 6) is -3.33. The van der Waals surface area contributed by atoms with Crippen molar-refractivity contribution in [2.24, 2.45) is 0 Å². The molecule has 0 aliphatic carbocycles. The highest BCUT2D eigenvalue weighted by Gasteiger charge is 2.51. The van der Waals surface area contributed by atoms with E-state index in [1.54, 1.807) is 78.6 Å². The molecule has 0 aromatic carbocycles. The molecule has 0 heterocycles. The molecule has 180 valence electrons. The Morgan fingerprint density at radius 3 is 0.633 bits per heavy atom. The summed E-state index contributed by atoms with van der Waals surface area (Å²) in [5.41, 5.74) is 0. The van der Waals surface area contributed by atoms with Crippen molar-refractivity contribution in [3.63, 3.8) is 0 Å². The van der Waals surface area contributed by atoms with E-state index in [1.807, 2.05) is 0 Å². The lowest BCUT2D eigenvalue weighted by atomic mass is 10.6. The van der Waals surface area contributed by atoms with Crippen LogP contribution in [0, 0.1) is 0 Å². The monoisotopic (exact) mass is 514 g/mol. The summed E-state index contributed by atoms with van der Waals surface area (Å²) < 4.78 is 76.8. The van der Waals surface area contributed by atoms with Crippen LogP contribution in [0.15, 0.2) is 0 Å². The van der Waals surface area contributed by atoms with Crippen molar-refractivity contribution in [2.45, 2.75) is 90.9 Å². The van der Waals surface area contributed by atoms with Crippen molar-refractivity contribution in [3.05, 3.63) is 0 Å². The Hall–Kier alpha value is -0.612. The van der Waals surface area contributed by atoms with Crippen LogP contribution in [0.1, 0.15) is 0 Å². The molecule has 0 aromatic rings. The van der Waals surface area contributed by atoms with Gasteiger partial charge in [-0.05, 0) is 0 Å². The van der Waals surface area contributed by atoms with E-state index in [0.717, 1.165) is 8.46 Å². The van der Waals surface area contributed by atoms with E-state index in [2.05, 4.69) is 0 Å². The first-order valence-electron chi connectivity index (χ1n) is 9.38. The standard InChI is InChI=1S/2C8H18F3NOSi2/c2*1-14(2,3)12(15(4,5)6)7(13)8(9,10)11/h2*1-6H3. The largest absolute Gasteiger partial charge is 0.469 e. The van der Waals surface area contributed by atoms with Gasteiger partial charge in [-0.15, -0.1) is 0 Å². The van der Waals surface area contributed by atoms with Crippen molar-refractivity contribution in [1.29, 1.82) is 0 Å². The summed E-state index contributed by atoms with van der Waals surface area (Å²) in [6, 6.07) is 0. The van der Waals surface area contributed by atoms with Crippen LogP contribution in [0.25, 0.3) is 0 Å². The maximum Gasteiger partial charge on any atom is 0.469 e. The molecule has 2 amide bonds. The Morgan fingerprint density at radius 2 is 0.600 bits per heavy atom. The summed E-state index contributed by atoms with van der Waals surface area (Å²) in [7, 11) is -9.08. The Bertz CT molecular complexity index is 530. The van der Waals surface area contributed by atoms with Gasteiger partial charge in [0.25, 0.3) is 0 Å². The minimum absolute atomic E-state index is 1.14. The van der Waals surface area contributed by atoms with Gasteiger partial charge in [0.2, 0.25) is 0 Å². The summed E-state index contributed by atoms with van der Waals surface area (Å²) in [6.45, 7) is 21.1. The van der Waals surface area contributed by atoms with Crippen molar-refractivity contribution < 1.29 is 35.9 Å². The lowest BCUT2D eigenvalue weighted by molar-refractivity contribution is -0.177. The molecule has 0 unspecified atom stereocenters. The van der Waals surface area contributed by atoms with Crippen LogP contribution in [-0.2, 0) is 9.59 Å². The van der Waals surface area contributed by atoms with Gasteiger partial charge in [0, 0.05) is 0 Å². The van der Waals surface area contributed by atoms with Crippen molar-refractivity contribution >= 4 is 44.8 Å². The SMILES string of the molecule is C[Si](C)(C)N(C(=O)C(F)(F)F)[Si](C)(C)C.C[Si](C)(C)N(C(=O)C(F)(F)F)[Si](C)(C)C. The number of carbonyl (C=O) groups is 2. The van der Waals surface area contributed by atoms with Crippen LogP contribution >= 0.6 is 0 Å². The number of nitrogens with zero attached hydrogens (tertiary/aromatic N) is 2. The first-order chi connectivity index (χ1) is 12.6. The molecule has 4 nitrogen and oxygen atoms in total. The van der Waals surface area contributed by atoms with E-state index < -0.39 is 57.1 Å². The molecule has 0 bridgehead atoms. The van der Waals surface area contributed by atoms with E-state index in [9.17, 15) is 35.9 Å². The van der Waals surface area contributed by atoms with Crippen LogP contribution in [0.4, 0.5) is 26.3 Å². The Morgan fingerprint density at radius 1 is 0.467 bits per heavy atom. The van der Waals surface area contributed by atoms with E-state index in [1.165, 1.54) is 0 Å². The van der Waals surface area contributed by atoms with Gasteiger partial charge < -0.3 is 8.46 Å². The summed E-state index contributed by atoms with van der Waals surface area (Å²) in [5, 5.41) is 0. The molecule has 0 aliphatic rings. The van der Waals surface area contributed by atoms with E-state index in [4.69, 9.17) is 0 Å². The minimum Gasteiger partial charge on any atom is -0.388 e. The van der Waals surface area contributed by atoms with Crippen molar-refractivity contribution in [3.8, 4) is 0 Å². The number of halogens is 6. The van der Waals surface area contributed by atoms with Gasteiger partial charge in [-0.2, -0.15) is 26.3 Å². The van der Waals surface area contributed by atoms with Crippen molar-refractivity contribution in [2.75, 3.05) is 0 Å². The zero-order chi connectivity index (χ0) is 25.3. The molecular formula is C16H36F6N2O2Si4. The summed E-state index contributed by atoms with van der Waals surface area (Å²) in [6.07, 6.45) is -9.50. The number of amides is 2. The number of alkyl halides is 6. The molecule has 0 aliphatic heterocycles. The van der Waals surface area contributed by atoms with Gasteiger partial charge in [0.05, 0.1) is 0 Å². The molecule has 0 radical (unpaired) electrons. The fourth-order valence-corrected chi connectivity index (χ4v) is 22.5. The highest BCUT2D eigenvalue weighted by Crippen LogP contribution is 2.28. The van der Waals surface area contributed by atoms with Gasteiger partial charge in [0.1, 0.15) is 32.9 Å². The third-order valence-electron chi connectivity index (χ3n) is 3.57. The van der Waals surface area contributed by atoms with Crippen LogP contribution in [0.5, 0.6) is 0 Å². The Labute approximate surface area is 180 Å². The molecule has 0 saturated heterocycles. The molecule has 0 aromatic heterocycles. The lowest BCUT2D eigenvalue weighted by Crippen LogP contribution is -2.64. The summed E-state index contributed by atoms with van der Waals surface area (Å²) >= 11 is 0. The van der Waals surface area contributed by atoms with Crippen LogP contribution in [-0.4, -0.2) is 65.6 Å². The quantitative estimate of drug-likeness (QED) is 0.336. The van der Waals surface area contributed by atoms with Crippen LogP contribution < -0.4 is 0 Å². The van der Waals surface area contributed by atoms with Gasteiger partial charge in [-0.25, -0.2) is 0 Å². The third kappa shape index (κ3) is 10.1. The Balaban J connectivity index is 0. The maximum atomic E-state index is 12.4. The van der Waals surface area contributed by atoms with Gasteiger partial charge in [-0.3, -0.25) is 9.59 Å². The second-order valence-electron chi connectivity index (χ2n) is 11.0. The maximum absolute atomic E-state index is 12.4. The highest BCUT2D eigenvalue weighted by molar-refractivity contribution is 6.93. The number of carbonyl (C=O) groups excluding carboxylic acids is 2. The first kappa shape index (κ1) is 31.6. The molecule has 0 spiro atoms. The smallest absolute Gasteiger partial charge is 0.388 e. The van der Waals surface area contributed by atoms with E-state index >= 15 is 0 Å². The average Bonchev–Trinajstić information content (AvgIpc) is 2.29. The van der Waals surface area contributed by atoms with Crippen LogP contribution in [0.2, 0.25) is 78.6 Å².